The van der Waals surface area contributed by atoms with Gasteiger partial charge in [0.15, 0.2) is 0 Å². The van der Waals surface area contributed by atoms with Gasteiger partial charge in [-0.25, -0.2) is 0 Å². The lowest BCUT2D eigenvalue weighted by Crippen LogP contribution is -2.44. The summed E-state index contributed by atoms with van der Waals surface area (Å²) in [4.78, 5) is 37.2. The molecule has 0 aromatic heterocycles. The summed E-state index contributed by atoms with van der Waals surface area (Å²) < 4.78 is 4.79. The highest BCUT2D eigenvalue weighted by molar-refractivity contribution is 5.95. The van der Waals surface area contributed by atoms with Gasteiger partial charge in [-0.05, 0) is 18.9 Å². The SMILES string of the molecule is COC(=O)C(C)CN(C(=O)c1cccc([N+](=O)[O-])c1)C1CCCCCC1. The maximum atomic E-state index is 13.1. The fraction of sp³-hybridized carbons (Fsp3) is 0.579. The molecule has 1 aromatic carbocycles. The Morgan fingerprint density at radius 2 is 1.92 bits per heavy atom. The largest absolute Gasteiger partial charge is 0.469 e. The van der Waals surface area contributed by atoms with Crippen molar-refractivity contribution in [1.82, 2.24) is 4.90 Å². The molecule has 7 nitrogen and oxygen atoms in total. The molecule has 1 unspecified atom stereocenters. The van der Waals surface area contributed by atoms with Crippen LogP contribution in [0.15, 0.2) is 24.3 Å². The molecule has 1 amide bonds. The maximum Gasteiger partial charge on any atom is 0.310 e. The van der Waals surface area contributed by atoms with Gasteiger partial charge >= 0.3 is 5.97 Å². The number of nitro benzene ring substituents is 1. The van der Waals surface area contributed by atoms with Gasteiger partial charge in [-0.3, -0.25) is 19.7 Å². The molecule has 0 heterocycles. The van der Waals surface area contributed by atoms with Gasteiger partial charge in [0.1, 0.15) is 0 Å². The number of carbonyl (C=O) groups excluding carboxylic acids is 2. The van der Waals surface area contributed by atoms with E-state index in [4.69, 9.17) is 4.74 Å². The first-order valence-corrected chi connectivity index (χ1v) is 9.07. The van der Waals surface area contributed by atoms with Crippen molar-refractivity contribution < 1.29 is 19.2 Å². The van der Waals surface area contributed by atoms with Gasteiger partial charge in [0.2, 0.25) is 0 Å². The number of ether oxygens (including phenoxy) is 1. The number of esters is 1. The highest BCUT2D eigenvalue weighted by Gasteiger charge is 2.29. The fourth-order valence-electron chi connectivity index (χ4n) is 3.46. The van der Waals surface area contributed by atoms with Gasteiger partial charge in [0.05, 0.1) is 18.0 Å². The molecule has 2 rings (SSSR count). The van der Waals surface area contributed by atoms with Gasteiger partial charge in [0, 0.05) is 30.3 Å². The Morgan fingerprint density at radius 1 is 1.27 bits per heavy atom. The van der Waals surface area contributed by atoms with Crippen LogP contribution in [-0.2, 0) is 9.53 Å². The molecule has 1 aliphatic rings. The lowest BCUT2D eigenvalue weighted by molar-refractivity contribution is -0.384. The van der Waals surface area contributed by atoms with E-state index >= 15 is 0 Å². The molecular weight excluding hydrogens is 336 g/mol. The third-order valence-electron chi connectivity index (χ3n) is 4.90. The van der Waals surface area contributed by atoms with E-state index in [2.05, 4.69) is 0 Å². The van der Waals surface area contributed by atoms with Crippen molar-refractivity contribution in [1.29, 1.82) is 0 Å². The smallest absolute Gasteiger partial charge is 0.310 e. The van der Waals surface area contributed by atoms with Crippen molar-refractivity contribution >= 4 is 17.6 Å². The van der Waals surface area contributed by atoms with Gasteiger partial charge in [-0.1, -0.05) is 38.7 Å². The summed E-state index contributed by atoms with van der Waals surface area (Å²) in [5, 5.41) is 11.0. The molecule has 0 aliphatic heterocycles. The average Bonchev–Trinajstić information content (AvgIpc) is 2.94. The molecular formula is C19H26N2O5. The van der Waals surface area contributed by atoms with Gasteiger partial charge < -0.3 is 9.64 Å². The number of nitrogens with zero attached hydrogens (tertiary/aromatic N) is 2. The van der Waals surface area contributed by atoms with Crippen LogP contribution >= 0.6 is 0 Å². The van der Waals surface area contributed by atoms with E-state index in [0.717, 1.165) is 38.5 Å². The van der Waals surface area contributed by atoms with Crippen molar-refractivity contribution in [3.8, 4) is 0 Å². The van der Waals surface area contributed by atoms with Gasteiger partial charge in [-0.15, -0.1) is 0 Å². The highest BCUT2D eigenvalue weighted by Crippen LogP contribution is 2.25. The van der Waals surface area contributed by atoms with E-state index in [0.29, 0.717) is 0 Å². The predicted octanol–water partition coefficient (Wildman–Crippen LogP) is 3.57. The molecule has 1 fully saturated rings. The number of methoxy groups -OCH3 is 1. The standard InChI is InChI=1S/C19H26N2O5/c1-14(19(23)26-2)13-20(16-9-5-3-4-6-10-16)18(22)15-8-7-11-17(12-15)21(24)25/h7-8,11-12,14,16H,3-6,9-10,13H2,1-2H3. The summed E-state index contributed by atoms with van der Waals surface area (Å²) in [7, 11) is 1.33. The number of benzene rings is 1. The third-order valence-corrected chi connectivity index (χ3v) is 4.90. The second-order valence-electron chi connectivity index (χ2n) is 6.83. The molecule has 0 bridgehead atoms. The Hall–Kier alpha value is -2.44. The third kappa shape index (κ3) is 5.03. The summed E-state index contributed by atoms with van der Waals surface area (Å²) >= 11 is 0. The summed E-state index contributed by atoms with van der Waals surface area (Å²) in [6.45, 7) is 1.98. The normalized spacial score (nSPS) is 16.4. The Morgan fingerprint density at radius 3 is 2.50 bits per heavy atom. The van der Waals surface area contributed by atoms with E-state index in [1.165, 1.54) is 25.3 Å². The number of non-ortho nitro benzene ring substituents is 1. The monoisotopic (exact) mass is 362 g/mol. The van der Waals surface area contributed by atoms with Crippen LogP contribution in [0.4, 0.5) is 5.69 Å². The van der Waals surface area contributed by atoms with E-state index < -0.39 is 10.8 Å². The van der Waals surface area contributed by atoms with E-state index in [1.54, 1.807) is 17.9 Å². The lowest BCUT2D eigenvalue weighted by Gasteiger charge is -2.33. The zero-order valence-electron chi connectivity index (χ0n) is 15.3. The Balaban J connectivity index is 2.28. The quantitative estimate of drug-likeness (QED) is 0.334. The Kier molecular flexibility index (Phi) is 7.12. The maximum absolute atomic E-state index is 13.1. The van der Waals surface area contributed by atoms with Crippen molar-refractivity contribution in [2.24, 2.45) is 5.92 Å². The first kappa shape index (κ1) is 19.9. The van der Waals surface area contributed by atoms with E-state index in [1.807, 2.05) is 0 Å². The first-order chi connectivity index (χ1) is 12.4. The number of rotatable bonds is 6. The van der Waals surface area contributed by atoms with Crippen LogP contribution in [0.5, 0.6) is 0 Å². The first-order valence-electron chi connectivity index (χ1n) is 9.07. The van der Waals surface area contributed by atoms with Crippen molar-refractivity contribution in [2.75, 3.05) is 13.7 Å². The molecule has 0 N–H and O–H groups in total. The summed E-state index contributed by atoms with van der Waals surface area (Å²) in [5.41, 5.74) is 0.165. The van der Waals surface area contributed by atoms with E-state index in [-0.39, 0.29) is 35.7 Å². The molecule has 7 heteroatoms. The number of nitro groups is 1. The minimum absolute atomic E-state index is 0.0383. The average molecular weight is 362 g/mol. The summed E-state index contributed by atoms with van der Waals surface area (Å²) in [5.74, 6) is -1.09. The molecule has 1 aliphatic carbocycles. The molecule has 1 aromatic rings. The molecule has 1 saturated carbocycles. The van der Waals surface area contributed by atoms with Crippen molar-refractivity contribution in [3.05, 3.63) is 39.9 Å². The van der Waals surface area contributed by atoms with Crippen LogP contribution in [0.3, 0.4) is 0 Å². The van der Waals surface area contributed by atoms with E-state index in [9.17, 15) is 19.7 Å². The summed E-state index contributed by atoms with van der Waals surface area (Å²) in [6, 6.07) is 5.80. The highest BCUT2D eigenvalue weighted by atomic mass is 16.6. The van der Waals surface area contributed by atoms with Gasteiger partial charge in [-0.2, -0.15) is 0 Å². The lowest BCUT2D eigenvalue weighted by atomic mass is 10.0. The molecule has 1 atom stereocenters. The van der Waals surface area contributed by atoms with Crippen molar-refractivity contribution in [3.63, 3.8) is 0 Å². The van der Waals surface area contributed by atoms with Crippen LogP contribution in [0.25, 0.3) is 0 Å². The number of hydrogen-bond donors (Lipinski definition) is 0. The molecule has 26 heavy (non-hydrogen) atoms. The Bertz CT molecular complexity index is 653. The van der Waals surface area contributed by atoms with Crippen LogP contribution < -0.4 is 0 Å². The Labute approximate surface area is 153 Å². The van der Waals surface area contributed by atoms with Crippen LogP contribution in [0.2, 0.25) is 0 Å². The summed E-state index contributed by atoms with van der Waals surface area (Å²) in [6.07, 6.45) is 6.12. The number of amides is 1. The molecule has 0 radical (unpaired) electrons. The van der Waals surface area contributed by atoms with Crippen LogP contribution in [0.1, 0.15) is 55.8 Å². The number of hydrogen-bond acceptors (Lipinski definition) is 5. The fourth-order valence-corrected chi connectivity index (χ4v) is 3.46. The zero-order valence-corrected chi connectivity index (χ0v) is 15.3. The predicted molar refractivity (Wildman–Crippen MR) is 96.8 cm³/mol. The van der Waals surface area contributed by atoms with Crippen LogP contribution in [-0.4, -0.2) is 41.4 Å². The minimum atomic E-state index is -0.510. The second kappa shape index (κ2) is 9.31. The van der Waals surface area contributed by atoms with Gasteiger partial charge in [0.25, 0.3) is 11.6 Å². The van der Waals surface area contributed by atoms with Crippen LogP contribution in [0, 0.1) is 16.0 Å². The second-order valence-corrected chi connectivity index (χ2v) is 6.83. The number of carbonyl (C=O) groups is 2. The zero-order chi connectivity index (χ0) is 19.1. The molecule has 0 saturated heterocycles. The topological polar surface area (TPSA) is 89.8 Å². The van der Waals surface area contributed by atoms with Crippen molar-refractivity contribution in [2.45, 2.75) is 51.5 Å². The molecule has 142 valence electrons. The minimum Gasteiger partial charge on any atom is -0.469 e. The molecule has 0 spiro atoms.